The Morgan fingerprint density at radius 2 is 2.00 bits per heavy atom. The SMILES string of the molecule is CCc1nncn1CCNC(=NC)NCC(C(C)C)N1CCCC1.I. The fourth-order valence-electron chi connectivity index (χ4n) is 3.32. The monoisotopic (exact) mass is 463 g/mol. The van der Waals surface area contributed by atoms with Gasteiger partial charge in [0.25, 0.3) is 0 Å². The summed E-state index contributed by atoms with van der Waals surface area (Å²) < 4.78 is 2.08. The standard InChI is InChI=1S/C17H33N7.HI/c1-5-16-22-21-13-24(16)11-8-19-17(18-4)20-12-15(14(2)3)23-9-6-7-10-23;/h13-15H,5-12H2,1-4H3,(H2,18,19,20);1H. The van der Waals surface area contributed by atoms with Gasteiger partial charge in [-0.2, -0.15) is 0 Å². The molecule has 7 nitrogen and oxygen atoms in total. The van der Waals surface area contributed by atoms with E-state index in [9.17, 15) is 0 Å². The first-order chi connectivity index (χ1) is 11.7. The molecule has 1 aromatic heterocycles. The summed E-state index contributed by atoms with van der Waals surface area (Å²) in [4.78, 5) is 6.95. The van der Waals surface area contributed by atoms with Gasteiger partial charge in [0.2, 0.25) is 0 Å². The van der Waals surface area contributed by atoms with E-state index in [4.69, 9.17) is 0 Å². The molecule has 0 bridgehead atoms. The third-order valence-electron chi connectivity index (χ3n) is 4.74. The number of aromatic nitrogens is 3. The number of rotatable bonds is 8. The highest BCUT2D eigenvalue weighted by Gasteiger charge is 2.24. The summed E-state index contributed by atoms with van der Waals surface area (Å²) in [5.74, 6) is 2.53. The Balaban J connectivity index is 0.00000312. The van der Waals surface area contributed by atoms with Crippen LogP contribution in [0.5, 0.6) is 0 Å². The van der Waals surface area contributed by atoms with E-state index in [0.29, 0.717) is 12.0 Å². The van der Waals surface area contributed by atoms with Crippen LogP contribution in [0.4, 0.5) is 0 Å². The molecule has 1 fully saturated rings. The van der Waals surface area contributed by atoms with Crippen molar-refractivity contribution in [3.8, 4) is 0 Å². The summed E-state index contributed by atoms with van der Waals surface area (Å²) in [7, 11) is 1.83. The van der Waals surface area contributed by atoms with Gasteiger partial charge in [0, 0.05) is 39.1 Å². The van der Waals surface area contributed by atoms with Crippen LogP contribution < -0.4 is 10.6 Å². The summed E-state index contributed by atoms with van der Waals surface area (Å²) in [6.45, 7) is 11.7. The van der Waals surface area contributed by atoms with Gasteiger partial charge in [-0.15, -0.1) is 34.2 Å². The minimum absolute atomic E-state index is 0. The molecule has 2 rings (SSSR count). The molecule has 1 aliphatic heterocycles. The van der Waals surface area contributed by atoms with Crippen molar-refractivity contribution < 1.29 is 0 Å². The predicted molar refractivity (Wildman–Crippen MR) is 114 cm³/mol. The van der Waals surface area contributed by atoms with Crippen LogP contribution >= 0.6 is 24.0 Å². The Kier molecular flexibility index (Phi) is 10.3. The van der Waals surface area contributed by atoms with Crippen molar-refractivity contribution in [2.45, 2.75) is 52.6 Å². The largest absolute Gasteiger partial charge is 0.355 e. The minimum atomic E-state index is 0. The second-order valence-electron chi connectivity index (χ2n) is 6.73. The number of hydrogen-bond acceptors (Lipinski definition) is 4. The molecule has 0 aromatic carbocycles. The zero-order chi connectivity index (χ0) is 17.4. The minimum Gasteiger partial charge on any atom is -0.355 e. The average molecular weight is 463 g/mol. The topological polar surface area (TPSA) is 70.4 Å². The van der Waals surface area contributed by atoms with Crippen LogP contribution in [0.25, 0.3) is 0 Å². The maximum atomic E-state index is 4.34. The van der Waals surface area contributed by atoms with Crippen LogP contribution in [0.1, 0.15) is 39.4 Å². The van der Waals surface area contributed by atoms with Crippen LogP contribution in [0.2, 0.25) is 0 Å². The fraction of sp³-hybridized carbons (Fsp3) is 0.824. The molecule has 0 saturated carbocycles. The van der Waals surface area contributed by atoms with E-state index >= 15 is 0 Å². The number of halogens is 1. The van der Waals surface area contributed by atoms with Crippen molar-refractivity contribution in [3.05, 3.63) is 12.2 Å². The van der Waals surface area contributed by atoms with Gasteiger partial charge < -0.3 is 15.2 Å². The zero-order valence-electron chi connectivity index (χ0n) is 16.0. The van der Waals surface area contributed by atoms with Gasteiger partial charge in [-0.1, -0.05) is 20.8 Å². The molecule has 0 aliphatic carbocycles. The molecule has 1 atom stereocenters. The van der Waals surface area contributed by atoms with Gasteiger partial charge in [0.05, 0.1) is 0 Å². The molecule has 1 aromatic rings. The van der Waals surface area contributed by atoms with Gasteiger partial charge in [0.15, 0.2) is 5.96 Å². The number of nitrogens with zero attached hydrogens (tertiary/aromatic N) is 5. The lowest BCUT2D eigenvalue weighted by Gasteiger charge is -2.31. The molecule has 1 aliphatic rings. The number of aliphatic imine (C=N–C) groups is 1. The summed E-state index contributed by atoms with van der Waals surface area (Å²) in [6, 6.07) is 0.565. The molecular weight excluding hydrogens is 429 g/mol. The van der Waals surface area contributed by atoms with Crippen molar-refractivity contribution >= 4 is 29.9 Å². The van der Waals surface area contributed by atoms with Gasteiger partial charge in [-0.25, -0.2) is 0 Å². The zero-order valence-corrected chi connectivity index (χ0v) is 18.4. The predicted octanol–water partition coefficient (Wildman–Crippen LogP) is 1.74. The second kappa shape index (κ2) is 11.7. The van der Waals surface area contributed by atoms with Crippen LogP contribution in [-0.2, 0) is 13.0 Å². The molecule has 8 heteroatoms. The van der Waals surface area contributed by atoms with Gasteiger partial charge in [-0.05, 0) is 31.8 Å². The molecule has 0 spiro atoms. The van der Waals surface area contributed by atoms with E-state index in [1.54, 1.807) is 6.33 Å². The highest BCUT2D eigenvalue weighted by molar-refractivity contribution is 14.0. The van der Waals surface area contributed by atoms with Crippen LogP contribution in [0.3, 0.4) is 0 Å². The summed E-state index contributed by atoms with van der Waals surface area (Å²) in [5, 5.41) is 15.0. The third-order valence-corrected chi connectivity index (χ3v) is 4.74. The maximum Gasteiger partial charge on any atom is 0.191 e. The van der Waals surface area contributed by atoms with Crippen molar-refractivity contribution in [3.63, 3.8) is 0 Å². The molecule has 25 heavy (non-hydrogen) atoms. The molecule has 0 amide bonds. The first-order valence-electron chi connectivity index (χ1n) is 9.21. The van der Waals surface area contributed by atoms with E-state index in [1.807, 2.05) is 7.05 Å². The summed E-state index contributed by atoms with van der Waals surface area (Å²) in [5.41, 5.74) is 0. The van der Waals surface area contributed by atoms with E-state index in [2.05, 4.69) is 56.1 Å². The van der Waals surface area contributed by atoms with Crippen molar-refractivity contribution in [2.75, 3.05) is 33.2 Å². The highest BCUT2D eigenvalue weighted by Crippen LogP contribution is 2.16. The highest BCUT2D eigenvalue weighted by atomic mass is 127. The fourth-order valence-corrected chi connectivity index (χ4v) is 3.32. The number of likely N-dealkylation sites (tertiary alicyclic amines) is 1. The van der Waals surface area contributed by atoms with Gasteiger partial charge >= 0.3 is 0 Å². The van der Waals surface area contributed by atoms with E-state index in [-0.39, 0.29) is 24.0 Å². The first-order valence-corrected chi connectivity index (χ1v) is 9.21. The Bertz CT molecular complexity index is 509. The second-order valence-corrected chi connectivity index (χ2v) is 6.73. The smallest absolute Gasteiger partial charge is 0.191 e. The Labute approximate surface area is 169 Å². The molecule has 0 radical (unpaired) electrons. The Morgan fingerprint density at radius 1 is 1.28 bits per heavy atom. The van der Waals surface area contributed by atoms with Crippen LogP contribution in [0.15, 0.2) is 11.3 Å². The van der Waals surface area contributed by atoms with E-state index in [1.165, 1.54) is 25.9 Å². The number of guanidine groups is 1. The molecule has 144 valence electrons. The summed E-state index contributed by atoms with van der Waals surface area (Å²) >= 11 is 0. The Morgan fingerprint density at radius 3 is 2.60 bits per heavy atom. The molecule has 2 heterocycles. The molecular formula is C17H34IN7. The van der Waals surface area contributed by atoms with Crippen molar-refractivity contribution in [1.29, 1.82) is 0 Å². The van der Waals surface area contributed by atoms with Crippen LogP contribution in [-0.4, -0.2) is 64.9 Å². The number of nitrogens with one attached hydrogen (secondary N) is 2. The summed E-state index contributed by atoms with van der Waals surface area (Å²) in [6.07, 6.45) is 5.35. The number of aryl methyl sites for hydroxylation is 1. The van der Waals surface area contributed by atoms with Crippen LogP contribution in [0, 0.1) is 5.92 Å². The lowest BCUT2D eigenvalue weighted by atomic mass is 10.0. The third kappa shape index (κ3) is 6.73. The van der Waals surface area contributed by atoms with Crippen molar-refractivity contribution in [1.82, 2.24) is 30.3 Å². The number of hydrogen-bond donors (Lipinski definition) is 2. The molecule has 2 N–H and O–H groups in total. The van der Waals surface area contributed by atoms with Crippen molar-refractivity contribution in [2.24, 2.45) is 10.9 Å². The average Bonchev–Trinajstić information content (AvgIpc) is 3.24. The quantitative estimate of drug-likeness (QED) is 0.349. The molecule has 1 unspecified atom stereocenters. The molecule has 1 saturated heterocycles. The normalized spacial score (nSPS) is 16.8. The Hall–Kier alpha value is -0.900. The lowest BCUT2D eigenvalue weighted by molar-refractivity contribution is 0.192. The van der Waals surface area contributed by atoms with E-state index < -0.39 is 0 Å². The van der Waals surface area contributed by atoms with E-state index in [0.717, 1.165) is 37.8 Å². The first kappa shape index (κ1) is 22.1. The maximum absolute atomic E-state index is 4.34. The lowest BCUT2D eigenvalue weighted by Crippen LogP contribution is -2.49. The van der Waals surface area contributed by atoms with Gasteiger partial charge in [-0.3, -0.25) is 9.89 Å². The van der Waals surface area contributed by atoms with Gasteiger partial charge in [0.1, 0.15) is 12.2 Å².